The van der Waals surface area contributed by atoms with Gasteiger partial charge >= 0.3 is 0 Å². The van der Waals surface area contributed by atoms with Crippen LogP contribution < -0.4 is 14.4 Å². The molecule has 0 unspecified atom stereocenters. The van der Waals surface area contributed by atoms with Gasteiger partial charge in [0.2, 0.25) is 10.0 Å². The maximum absolute atomic E-state index is 14.2. The molecule has 0 bridgehead atoms. The van der Waals surface area contributed by atoms with Gasteiger partial charge in [-0.25, -0.2) is 22.2 Å². The first-order valence-corrected chi connectivity index (χ1v) is 12.4. The van der Waals surface area contributed by atoms with Crippen molar-refractivity contribution in [2.75, 3.05) is 45.3 Å². The van der Waals surface area contributed by atoms with Crippen LogP contribution >= 0.6 is 0 Å². The van der Waals surface area contributed by atoms with Gasteiger partial charge < -0.3 is 14.4 Å². The van der Waals surface area contributed by atoms with E-state index in [4.69, 9.17) is 9.47 Å². The average molecular weight is 517 g/mol. The first kappa shape index (κ1) is 23.9. The smallest absolute Gasteiger partial charge is 0.254 e. The van der Waals surface area contributed by atoms with Crippen LogP contribution in [0.1, 0.15) is 0 Å². The third-order valence-electron chi connectivity index (χ3n) is 6.02. The lowest BCUT2D eigenvalue weighted by molar-refractivity contribution is 0.355. The zero-order valence-electron chi connectivity index (χ0n) is 19.4. The number of methoxy groups -OCH3 is 2. The summed E-state index contributed by atoms with van der Waals surface area (Å²) < 4.78 is 67.2. The second-order valence-electron chi connectivity index (χ2n) is 8.00. The minimum atomic E-state index is -4.14. The topological polar surface area (TPSA) is 102 Å². The van der Waals surface area contributed by atoms with Crippen molar-refractivity contribution in [3.05, 3.63) is 60.6 Å². The highest BCUT2D eigenvalue weighted by Crippen LogP contribution is 2.37. The van der Waals surface area contributed by atoms with Crippen molar-refractivity contribution in [2.45, 2.75) is 4.90 Å². The predicted molar refractivity (Wildman–Crippen MR) is 127 cm³/mol. The fourth-order valence-electron chi connectivity index (χ4n) is 4.24. The number of nitrogens with zero attached hydrogens (tertiary/aromatic N) is 6. The molecule has 2 aromatic carbocycles. The molecule has 0 saturated carbocycles. The Kier molecular flexibility index (Phi) is 6.18. The molecule has 0 radical (unpaired) electrons. The van der Waals surface area contributed by atoms with Crippen LogP contribution in [0.4, 0.5) is 14.6 Å². The Morgan fingerprint density at radius 2 is 1.67 bits per heavy atom. The number of sulfonamides is 1. The molecule has 3 heterocycles. The van der Waals surface area contributed by atoms with E-state index in [1.807, 2.05) is 17.0 Å². The predicted octanol–water partition coefficient (Wildman–Crippen LogP) is 2.60. The maximum Gasteiger partial charge on any atom is 0.254 e. The Morgan fingerprint density at radius 1 is 0.917 bits per heavy atom. The normalized spacial score (nSPS) is 14.8. The van der Waals surface area contributed by atoms with E-state index in [0.29, 0.717) is 42.3 Å². The highest BCUT2D eigenvalue weighted by Gasteiger charge is 2.32. The van der Waals surface area contributed by atoms with Crippen molar-refractivity contribution in [1.82, 2.24) is 23.9 Å². The largest absolute Gasteiger partial charge is 0.493 e. The van der Waals surface area contributed by atoms with Gasteiger partial charge in [0.15, 0.2) is 11.5 Å². The van der Waals surface area contributed by atoms with Gasteiger partial charge in [-0.05, 0) is 29.8 Å². The number of hydrogen-bond donors (Lipinski definition) is 0. The van der Waals surface area contributed by atoms with Crippen molar-refractivity contribution in [3.8, 4) is 22.6 Å². The maximum atomic E-state index is 14.2. The number of anilines is 1. The molecule has 10 nitrogen and oxygen atoms in total. The van der Waals surface area contributed by atoms with Crippen LogP contribution in [-0.4, -0.2) is 72.7 Å². The average Bonchev–Trinajstić information content (AvgIpc) is 3.36. The zero-order valence-corrected chi connectivity index (χ0v) is 20.2. The number of aromatic nitrogens is 4. The molecule has 0 spiro atoms. The van der Waals surface area contributed by atoms with Crippen molar-refractivity contribution in [2.24, 2.45) is 0 Å². The fourth-order valence-corrected chi connectivity index (χ4v) is 5.71. The molecular formula is C23H22F2N6O4S. The standard InChI is InChI=1S/C23H22F2N6O4S/c1-34-19-5-3-15(11-20(19)35-2)17-13-26-23-27-14-28-31(23)22(17)29-7-9-30(10-8-29)36(32,33)21-6-4-16(24)12-18(21)25/h3-6,11-14H,7-10H2,1-2H3. The van der Waals surface area contributed by atoms with Gasteiger partial charge in [0.1, 0.15) is 28.7 Å². The summed E-state index contributed by atoms with van der Waals surface area (Å²) in [6, 6.07) is 7.91. The SMILES string of the molecule is COc1ccc(-c2cnc3ncnn3c2N2CCN(S(=O)(=O)c3ccc(F)cc3F)CC2)cc1OC. The van der Waals surface area contributed by atoms with Crippen molar-refractivity contribution >= 4 is 21.6 Å². The lowest BCUT2D eigenvalue weighted by atomic mass is 10.1. The lowest BCUT2D eigenvalue weighted by Gasteiger charge is -2.36. The van der Waals surface area contributed by atoms with E-state index in [1.54, 1.807) is 31.0 Å². The van der Waals surface area contributed by atoms with Crippen LogP contribution in [-0.2, 0) is 10.0 Å². The molecule has 1 aliphatic rings. The minimum Gasteiger partial charge on any atom is -0.493 e. The minimum absolute atomic E-state index is 0.0863. The van der Waals surface area contributed by atoms with Gasteiger partial charge in [-0.1, -0.05) is 6.07 Å². The molecule has 5 rings (SSSR count). The summed E-state index contributed by atoms with van der Waals surface area (Å²) in [5.41, 5.74) is 1.52. The molecule has 4 aromatic rings. The van der Waals surface area contributed by atoms with E-state index in [9.17, 15) is 17.2 Å². The van der Waals surface area contributed by atoms with Gasteiger partial charge in [0.05, 0.1) is 14.2 Å². The number of benzene rings is 2. The fraction of sp³-hybridized carbons (Fsp3) is 0.261. The van der Waals surface area contributed by atoms with Crippen LogP contribution in [0, 0.1) is 11.6 Å². The molecule has 13 heteroatoms. The van der Waals surface area contributed by atoms with E-state index in [1.165, 1.54) is 10.6 Å². The Morgan fingerprint density at radius 3 is 2.36 bits per heavy atom. The van der Waals surface area contributed by atoms with E-state index in [0.717, 1.165) is 23.3 Å². The van der Waals surface area contributed by atoms with Crippen molar-refractivity contribution in [1.29, 1.82) is 0 Å². The van der Waals surface area contributed by atoms with Gasteiger partial charge in [0, 0.05) is 44.0 Å². The number of hydrogen-bond acceptors (Lipinski definition) is 8. The van der Waals surface area contributed by atoms with E-state index < -0.39 is 26.6 Å². The van der Waals surface area contributed by atoms with Gasteiger partial charge in [-0.15, -0.1) is 0 Å². The summed E-state index contributed by atoms with van der Waals surface area (Å²) >= 11 is 0. The van der Waals surface area contributed by atoms with Crippen LogP contribution in [0.3, 0.4) is 0 Å². The monoisotopic (exact) mass is 516 g/mol. The second-order valence-corrected chi connectivity index (χ2v) is 9.91. The highest BCUT2D eigenvalue weighted by molar-refractivity contribution is 7.89. The summed E-state index contributed by atoms with van der Waals surface area (Å²) in [6.45, 7) is 0.759. The van der Waals surface area contributed by atoms with Crippen LogP contribution in [0.2, 0.25) is 0 Å². The highest BCUT2D eigenvalue weighted by atomic mass is 32.2. The summed E-state index contributed by atoms with van der Waals surface area (Å²) in [5, 5.41) is 4.32. The number of halogens is 2. The molecule has 1 fully saturated rings. The number of rotatable bonds is 6. The van der Waals surface area contributed by atoms with Crippen molar-refractivity contribution in [3.63, 3.8) is 0 Å². The first-order chi connectivity index (χ1) is 17.3. The van der Waals surface area contributed by atoms with Gasteiger partial charge in [0.25, 0.3) is 5.78 Å². The van der Waals surface area contributed by atoms with E-state index in [-0.39, 0.29) is 13.1 Å². The molecule has 0 amide bonds. The Hall–Kier alpha value is -3.84. The van der Waals surface area contributed by atoms with Crippen LogP contribution in [0.5, 0.6) is 11.5 Å². The zero-order chi connectivity index (χ0) is 25.4. The van der Waals surface area contributed by atoms with E-state index >= 15 is 0 Å². The molecule has 36 heavy (non-hydrogen) atoms. The third-order valence-corrected chi connectivity index (χ3v) is 7.96. The summed E-state index contributed by atoms with van der Waals surface area (Å²) in [7, 11) is -1.04. The summed E-state index contributed by atoms with van der Waals surface area (Å²) in [4.78, 5) is 9.99. The molecule has 2 aromatic heterocycles. The number of ether oxygens (including phenoxy) is 2. The lowest BCUT2D eigenvalue weighted by Crippen LogP contribution is -2.49. The molecule has 0 aliphatic carbocycles. The molecule has 188 valence electrons. The first-order valence-electron chi connectivity index (χ1n) is 10.9. The molecule has 0 N–H and O–H groups in total. The third kappa shape index (κ3) is 4.09. The molecule has 1 aliphatic heterocycles. The van der Waals surface area contributed by atoms with Gasteiger partial charge in [-0.2, -0.15) is 18.9 Å². The summed E-state index contributed by atoms with van der Waals surface area (Å²) in [6.07, 6.45) is 3.07. The summed E-state index contributed by atoms with van der Waals surface area (Å²) in [5.74, 6) is 0.217. The Bertz CT molecular complexity index is 1540. The van der Waals surface area contributed by atoms with Crippen LogP contribution in [0.25, 0.3) is 16.9 Å². The van der Waals surface area contributed by atoms with Crippen molar-refractivity contribution < 1.29 is 26.7 Å². The Labute approximate surface area is 205 Å². The van der Waals surface area contributed by atoms with E-state index in [2.05, 4.69) is 15.1 Å². The molecule has 0 atom stereocenters. The second kappa shape index (κ2) is 9.32. The number of fused-ring (bicyclic) bond motifs is 1. The Balaban J connectivity index is 1.49. The van der Waals surface area contributed by atoms with Gasteiger partial charge in [-0.3, -0.25) is 0 Å². The van der Waals surface area contributed by atoms with Crippen LogP contribution in [0.15, 0.2) is 53.8 Å². The quantitative estimate of drug-likeness (QED) is 0.386. The number of piperazine rings is 1. The molecule has 1 saturated heterocycles. The molecular weight excluding hydrogens is 494 g/mol.